The third-order valence-corrected chi connectivity index (χ3v) is 6.90. The van der Waals surface area contributed by atoms with E-state index in [1.807, 2.05) is 52.8 Å². The molecular formula is C28H34N4O4S. The number of fused-ring (bicyclic) bond motifs is 3. The second-order valence-corrected chi connectivity index (χ2v) is 11.7. The zero-order valence-corrected chi connectivity index (χ0v) is 23.5. The summed E-state index contributed by atoms with van der Waals surface area (Å²) in [6, 6.07) is 5.43. The fourth-order valence-electron chi connectivity index (χ4n) is 4.52. The molecule has 196 valence electrons. The molecule has 0 fully saturated rings. The number of nitrogens with zero attached hydrogens (tertiary/aromatic N) is 4. The molecule has 0 unspecified atom stereocenters. The van der Waals surface area contributed by atoms with Crippen molar-refractivity contribution in [2.75, 3.05) is 0 Å². The summed E-state index contributed by atoms with van der Waals surface area (Å²) in [5, 5.41) is 3.60. The lowest BCUT2D eigenvalue weighted by atomic mass is 10.0. The van der Waals surface area contributed by atoms with Gasteiger partial charge in [0, 0.05) is 36.5 Å². The molecule has 8 nitrogen and oxygen atoms in total. The first-order chi connectivity index (χ1) is 17.4. The molecule has 0 aliphatic heterocycles. The summed E-state index contributed by atoms with van der Waals surface area (Å²) >= 11 is 1.47. The second kappa shape index (κ2) is 10.1. The number of hydrogen-bond acceptors (Lipinski definition) is 7. The predicted molar refractivity (Wildman–Crippen MR) is 148 cm³/mol. The first-order valence-electron chi connectivity index (χ1n) is 12.4. The highest BCUT2D eigenvalue weighted by Gasteiger charge is 2.30. The first kappa shape index (κ1) is 26.6. The maximum atomic E-state index is 13.3. The van der Waals surface area contributed by atoms with Gasteiger partial charge in [-0.25, -0.2) is 4.79 Å². The van der Waals surface area contributed by atoms with Crippen molar-refractivity contribution in [3.05, 3.63) is 52.2 Å². The van der Waals surface area contributed by atoms with E-state index in [0.717, 1.165) is 27.6 Å². The van der Waals surface area contributed by atoms with Gasteiger partial charge in [0.15, 0.2) is 5.75 Å². The molecule has 4 aromatic rings. The second-order valence-electron chi connectivity index (χ2n) is 10.8. The van der Waals surface area contributed by atoms with Gasteiger partial charge < -0.3 is 14.1 Å². The highest BCUT2D eigenvalue weighted by Crippen LogP contribution is 2.39. The number of pyridine rings is 2. The molecule has 1 amide bonds. The van der Waals surface area contributed by atoms with Crippen LogP contribution in [0.3, 0.4) is 0 Å². The van der Waals surface area contributed by atoms with Gasteiger partial charge in [0.2, 0.25) is 0 Å². The number of ether oxygens (including phenoxy) is 1. The Hall–Kier alpha value is -3.46. The summed E-state index contributed by atoms with van der Waals surface area (Å²) in [6.45, 7) is 13.5. The van der Waals surface area contributed by atoms with Crippen LogP contribution in [0.25, 0.3) is 32.1 Å². The first-order valence-corrected chi connectivity index (χ1v) is 13.3. The summed E-state index contributed by atoms with van der Waals surface area (Å²) in [6.07, 6.45) is 3.64. The minimum atomic E-state index is -0.686. The van der Waals surface area contributed by atoms with Crippen molar-refractivity contribution < 1.29 is 14.4 Å². The van der Waals surface area contributed by atoms with Crippen LogP contribution in [0.15, 0.2) is 40.9 Å². The van der Waals surface area contributed by atoms with Crippen LogP contribution in [0, 0.1) is 12.8 Å². The number of benzene rings is 1. The average Bonchev–Trinajstić information content (AvgIpc) is 3.33. The Bertz CT molecular complexity index is 1500. The van der Waals surface area contributed by atoms with Crippen LogP contribution in [-0.4, -0.2) is 37.3 Å². The van der Waals surface area contributed by atoms with E-state index in [1.54, 1.807) is 29.5 Å². The quantitative estimate of drug-likeness (QED) is 0.213. The topological polar surface area (TPSA) is 86.6 Å². The minimum Gasteiger partial charge on any atom is -0.442 e. The van der Waals surface area contributed by atoms with Gasteiger partial charge in [-0.15, -0.1) is 16.4 Å². The van der Waals surface area contributed by atoms with Crippen LogP contribution >= 0.6 is 11.3 Å². The Morgan fingerprint density at radius 1 is 1.19 bits per heavy atom. The molecule has 37 heavy (non-hydrogen) atoms. The molecular weight excluding hydrogens is 488 g/mol. The molecule has 0 spiro atoms. The van der Waals surface area contributed by atoms with Gasteiger partial charge >= 0.3 is 6.09 Å². The van der Waals surface area contributed by atoms with Gasteiger partial charge in [0.05, 0.1) is 33.0 Å². The minimum absolute atomic E-state index is 0.137. The smallest absolute Gasteiger partial charge is 0.442 e. The molecule has 0 saturated heterocycles. The van der Waals surface area contributed by atoms with Crippen LogP contribution in [0.2, 0.25) is 0 Å². The van der Waals surface area contributed by atoms with E-state index in [0.29, 0.717) is 28.3 Å². The SMILES string of the molecule is Cc1nccc2c1c(=O)n(C)c1cc(ON(C(=O)OC(C)(C)C)[C@@H](C)CC(C)C)c(-c3cncs3)cc21. The van der Waals surface area contributed by atoms with Gasteiger partial charge in [0.25, 0.3) is 5.56 Å². The zero-order valence-electron chi connectivity index (χ0n) is 22.7. The van der Waals surface area contributed by atoms with Gasteiger partial charge in [-0.3, -0.25) is 14.8 Å². The molecule has 0 aliphatic carbocycles. The van der Waals surface area contributed by atoms with Crippen molar-refractivity contribution in [3.8, 4) is 16.2 Å². The van der Waals surface area contributed by atoms with Crippen molar-refractivity contribution in [1.29, 1.82) is 0 Å². The molecule has 0 bridgehead atoms. The van der Waals surface area contributed by atoms with E-state index < -0.39 is 11.7 Å². The number of hydroxylamine groups is 2. The highest BCUT2D eigenvalue weighted by atomic mass is 32.1. The van der Waals surface area contributed by atoms with E-state index in [-0.39, 0.29) is 11.6 Å². The number of aromatic nitrogens is 3. The van der Waals surface area contributed by atoms with Crippen molar-refractivity contribution in [2.45, 2.75) is 66.5 Å². The summed E-state index contributed by atoms with van der Waals surface area (Å²) < 4.78 is 7.30. The van der Waals surface area contributed by atoms with E-state index in [9.17, 15) is 9.59 Å². The summed E-state index contributed by atoms with van der Waals surface area (Å²) in [5.41, 5.74) is 3.07. The molecule has 1 atom stereocenters. The molecule has 0 radical (unpaired) electrons. The van der Waals surface area contributed by atoms with Crippen LogP contribution in [0.1, 0.15) is 53.7 Å². The highest BCUT2D eigenvalue weighted by molar-refractivity contribution is 7.13. The average molecular weight is 523 g/mol. The lowest BCUT2D eigenvalue weighted by molar-refractivity contribution is -0.0962. The van der Waals surface area contributed by atoms with Crippen molar-refractivity contribution >= 4 is 39.1 Å². The van der Waals surface area contributed by atoms with E-state index >= 15 is 0 Å². The van der Waals surface area contributed by atoms with E-state index in [2.05, 4.69) is 23.8 Å². The Balaban J connectivity index is 1.95. The van der Waals surface area contributed by atoms with Gasteiger partial charge in [0.1, 0.15) is 5.60 Å². The fourth-order valence-corrected chi connectivity index (χ4v) is 5.16. The molecule has 1 aromatic carbocycles. The molecule has 3 heterocycles. The number of amides is 1. The van der Waals surface area contributed by atoms with Crippen LogP contribution in [0.5, 0.6) is 5.75 Å². The number of aryl methyl sites for hydroxylation is 2. The third kappa shape index (κ3) is 5.46. The normalized spacial score (nSPS) is 12.8. The maximum absolute atomic E-state index is 13.3. The van der Waals surface area contributed by atoms with Crippen LogP contribution < -0.4 is 10.4 Å². The van der Waals surface area contributed by atoms with Crippen molar-refractivity contribution in [3.63, 3.8) is 0 Å². The number of rotatable bonds is 6. The predicted octanol–water partition coefficient (Wildman–Crippen LogP) is 6.48. The summed E-state index contributed by atoms with van der Waals surface area (Å²) in [4.78, 5) is 42.4. The molecule has 0 N–H and O–H groups in total. The molecule has 4 rings (SSSR count). The van der Waals surface area contributed by atoms with E-state index in [4.69, 9.17) is 9.57 Å². The van der Waals surface area contributed by atoms with E-state index in [1.165, 1.54) is 16.4 Å². The van der Waals surface area contributed by atoms with Crippen molar-refractivity contribution in [2.24, 2.45) is 13.0 Å². The molecule has 9 heteroatoms. The zero-order chi connectivity index (χ0) is 27.1. The van der Waals surface area contributed by atoms with Crippen molar-refractivity contribution in [1.82, 2.24) is 19.6 Å². The number of carbonyl (C=O) groups is 1. The van der Waals surface area contributed by atoms with Gasteiger partial charge in [-0.2, -0.15) is 0 Å². The Morgan fingerprint density at radius 2 is 1.92 bits per heavy atom. The molecule has 0 saturated carbocycles. The lowest BCUT2D eigenvalue weighted by Gasteiger charge is -2.32. The maximum Gasteiger partial charge on any atom is 0.443 e. The Labute approximate surface area is 220 Å². The standard InChI is InChI=1S/C28H34N4O4S/c1-16(2)11-17(3)32(27(34)35-28(5,6)7)36-23-13-22-20(12-21(23)24-14-29-15-37-24)19-9-10-30-18(4)25(19)26(33)31(22)8/h9-10,12-17H,11H2,1-8H3/t17-/m0/s1. The van der Waals surface area contributed by atoms with Crippen LogP contribution in [-0.2, 0) is 11.8 Å². The molecule has 3 aromatic heterocycles. The number of carbonyl (C=O) groups excluding carboxylic acids is 1. The summed E-state index contributed by atoms with van der Waals surface area (Å²) in [5.74, 6) is 0.781. The monoisotopic (exact) mass is 522 g/mol. The van der Waals surface area contributed by atoms with Crippen LogP contribution in [0.4, 0.5) is 4.79 Å². The number of thiazole rings is 1. The summed E-state index contributed by atoms with van der Waals surface area (Å²) in [7, 11) is 1.74. The van der Waals surface area contributed by atoms with Gasteiger partial charge in [-0.1, -0.05) is 13.8 Å². The Morgan fingerprint density at radius 3 is 2.54 bits per heavy atom. The Kier molecular flexibility index (Phi) is 7.28. The fraction of sp³-hybridized carbons (Fsp3) is 0.429. The van der Waals surface area contributed by atoms with Gasteiger partial charge in [-0.05, 0) is 64.5 Å². The number of hydrogen-bond donors (Lipinski definition) is 0. The third-order valence-electron chi connectivity index (χ3n) is 6.09. The lowest BCUT2D eigenvalue weighted by Crippen LogP contribution is -2.44. The largest absolute Gasteiger partial charge is 0.443 e. The molecule has 0 aliphatic rings.